The first kappa shape index (κ1) is 19.4. The zero-order chi connectivity index (χ0) is 19.3. The van der Waals surface area contributed by atoms with Crippen molar-refractivity contribution in [3.63, 3.8) is 0 Å². The minimum Gasteiger partial charge on any atom is -0.349 e. The van der Waals surface area contributed by atoms with Gasteiger partial charge in [0.25, 0.3) is 15.9 Å². The highest BCUT2D eigenvalue weighted by Crippen LogP contribution is 2.24. The van der Waals surface area contributed by atoms with Gasteiger partial charge in [-0.05, 0) is 61.7 Å². The van der Waals surface area contributed by atoms with Gasteiger partial charge in [-0.25, -0.2) is 8.42 Å². The standard InChI is InChI=1S/C20H25N3O3S/c21-14-16-6-4-5-9-19(16)22-20(24)15-10-12-17(13-11-15)23-27(25,26)18-7-2-1-3-8-18/h1-3,7-8,10-13,16,19,23H,4-6,9,14,21H2,(H,22,24). The predicted molar refractivity (Wildman–Crippen MR) is 106 cm³/mol. The van der Waals surface area contributed by atoms with Crippen molar-refractivity contribution >= 4 is 21.6 Å². The van der Waals surface area contributed by atoms with Crippen LogP contribution in [-0.2, 0) is 10.0 Å². The number of carbonyl (C=O) groups excluding carboxylic acids is 1. The van der Waals surface area contributed by atoms with Crippen molar-refractivity contribution in [3.05, 3.63) is 60.2 Å². The van der Waals surface area contributed by atoms with E-state index in [1.165, 1.54) is 12.1 Å². The third-order valence-corrected chi connectivity index (χ3v) is 6.38. The highest BCUT2D eigenvalue weighted by Gasteiger charge is 2.25. The van der Waals surface area contributed by atoms with E-state index in [2.05, 4.69) is 10.0 Å². The summed E-state index contributed by atoms with van der Waals surface area (Å²) in [4.78, 5) is 12.7. The number of hydrogen-bond acceptors (Lipinski definition) is 4. The zero-order valence-electron chi connectivity index (χ0n) is 15.1. The Bertz CT molecular complexity index is 867. The molecule has 1 aliphatic rings. The van der Waals surface area contributed by atoms with E-state index >= 15 is 0 Å². The van der Waals surface area contributed by atoms with Gasteiger partial charge in [-0.2, -0.15) is 0 Å². The van der Waals surface area contributed by atoms with Crippen LogP contribution in [0.3, 0.4) is 0 Å². The van der Waals surface area contributed by atoms with E-state index in [0.29, 0.717) is 23.7 Å². The minimum absolute atomic E-state index is 0.104. The first-order valence-corrected chi connectivity index (χ1v) is 10.7. The molecule has 6 nitrogen and oxygen atoms in total. The third kappa shape index (κ3) is 4.87. The molecule has 4 N–H and O–H groups in total. The fraction of sp³-hybridized carbons (Fsp3) is 0.350. The third-order valence-electron chi connectivity index (χ3n) is 4.98. The molecule has 7 heteroatoms. The summed E-state index contributed by atoms with van der Waals surface area (Å²) in [6, 6.07) is 14.7. The van der Waals surface area contributed by atoms with Crippen molar-refractivity contribution < 1.29 is 13.2 Å². The molecule has 1 aliphatic carbocycles. The molecule has 0 spiro atoms. The van der Waals surface area contributed by atoms with Crippen molar-refractivity contribution in [1.82, 2.24) is 5.32 Å². The van der Waals surface area contributed by atoms with Crippen LogP contribution in [-0.4, -0.2) is 26.9 Å². The van der Waals surface area contributed by atoms with E-state index in [1.54, 1.807) is 42.5 Å². The van der Waals surface area contributed by atoms with Crippen molar-refractivity contribution in [2.75, 3.05) is 11.3 Å². The molecule has 2 aromatic rings. The maximum absolute atomic E-state index is 12.5. The summed E-state index contributed by atoms with van der Waals surface area (Å²) in [5.74, 6) is 0.164. The number of carbonyl (C=O) groups is 1. The molecule has 2 atom stereocenters. The molecule has 2 unspecified atom stereocenters. The normalized spacial score (nSPS) is 20.0. The zero-order valence-corrected chi connectivity index (χ0v) is 15.9. The Kier molecular flexibility index (Phi) is 6.13. The van der Waals surface area contributed by atoms with Crippen LogP contribution < -0.4 is 15.8 Å². The van der Waals surface area contributed by atoms with Gasteiger partial charge in [0.1, 0.15) is 0 Å². The van der Waals surface area contributed by atoms with Crippen LogP contribution in [0.5, 0.6) is 0 Å². The highest BCUT2D eigenvalue weighted by atomic mass is 32.2. The van der Waals surface area contributed by atoms with E-state index in [-0.39, 0.29) is 16.8 Å². The second-order valence-corrected chi connectivity index (χ2v) is 8.54. The van der Waals surface area contributed by atoms with E-state index in [4.69, 9.17) is 5.73 Å². The smallest absolute Gasteiger partial charge is 0.261 e. The van der Waals surface area contributed by atoms with Gasteiger partial charge in [0, 0.05) is 17.3 Å². The van der Waals surface area contributed by atoms with Gasteiger partial charge < -0.3 is 11.1 Å². The van der Waals surface area contributed by atoms with Crippen molar-refractivity contribution in [3.8, 4) is 0 Å². The molecule has 0 bridgehead atoms. The van der Waals surface area contributed by atoms with Gasteiger partial charge in [-0.3, -0.25) is 9.52 Å². The topological polar surface area (TPSA) is 101 Å². The van der Waals surface area contributed by atoms with Gasteiger partial charge in [0.2, 0.25) is 0 Å². The van der Waals surface area contributed by atoms with Gasteiger partial charge >= 0.3 is 0 Å². The minimum atomic E-state index is -3.64. The van der Waals surface area contributed by atoms with E-state index in [9.17, 15) is 13.2 Å². The summed E-state index contributed by atoms with van der Waals surface area (Å²) in [5.41, 5.74) is 6.73. The summed E-state index contributed by atoms with van der Waals surface area (Å²) in [5, 5.41) is 3.07. The first-order valence-electron chi connectivity index (χ1n) is 9.18. The molecule has 3 rings (SSSR count). The van der Waals surface area contributed by atoms with Crippen molar-refractivity contribution in [1.29, 1.82) is 0 Å². The molecule has 1 amide bonds. The number of sulfonamides is 1. The summed E-state index contributed by atoms with van der Waals surface area (Å²) < 4.78 is 27.2. The molecule has 0 aliphatic heterocycles. The van der Waals surface area contributed by atoms with Crippen molar-refractivity contribution in [2.24, 2.45) is 11.7 Å². The summed E-state index contributed by atoms with van der Waals surface area (Å²) >= 11 is 0. The SMILES string of the molecule is NCC1CCCCC1NC(=O)c1ccc(NS(=O)(=O)c2ccccc2)cc1. The van der Waals surface area contributed by atoms with Crippen LogP contribution in [0.4, 0.5) is 5.69 Å². The second-order valence-electron chi connectivity index (χ2n) is 6.86. The number of hydrogen-bond donors (Lipinski definition) is 3. The van der Waals surface area contributed by atoms with E-state index < -0.39 is 10.0 Å². The summed E-state index contributed by atoms with van der Waals surface area (Å²) in [6.07, 6.45) is 4.25. The summed E-state index contributed by atoms with van der Waals surface area (Å²) in [6.45, 7) is 0.575. The van der Waals surface area contributed by atoms with Gasteiger partial charge in [0.15, 0.2) is 0 Å². The lowest BCUT2D eigenvalue weighted by Gasteiger charge is -2.31. The van der Waals surface area contributed by atoms with Gasteiger partial charge in [0.05, 0.1) is 4.90 Å². The Hall–Kier alpha value is -2.38. The lowest BCUT2D eigenvalue weighted by Crippen LogP contribution is -2.44. The molecular formula is C20H25N3O3S. The number of nitrogens with two attached hydrogens (primary N) is 1. The van der Waals surface area contributed by atoms with Crippen LogP contribution in [0.1, 0.15) is 36.0 Å². The monoisotopic (exact) mass is 387 g/mol. The number of amides is 1. The number of rotatable bonds is 6. The van der Waals surface area contributed by atoms with E-state index in [0.717, 1.165) is 25.7 Å². The Morgan fingerprint density at radius 1 is 1.00 bits per heavy atom. The van der Waals surface area contributed by atoms with Crippen LogP contribution in [0.15, 0.2) is 59.5 Å². The van der Waals surface area contributed by atoms with Crippen LogP contribution in [0, 0.1) is 5.92 Å². The van der Waals surface area contributed by atoms with Gasteiger partial charge in [-0.1, -0.05) is 31.0 Å². The molecule has 144 valence electrons. The molecule has 0 aromatic heterocycles. The average molecular weight is 388 g/mol. The maximum atomic E-state index is 12.5. The molecule has 2 aromatic carbocycles. The molecule has 0 saturated heterocycles. The quantitative estimate of drug-likeness (QED) is 0.709. The van der Waals surface area contributed by atoms with Crippen LogP contribution >= 0.6 is 0 Å². The predicted octanol–water partition coefficient (Wildman–Crippen LogP) is 2.73. The fourth-order valence-corrected chi connectivity index (χ4v) is 4.51. The Labute approximate surface area is 160 Å². The molecule has 0 heterocycles. The largest absolute Gasteiger partial charge is 0.349 e. The Morgan fingerprint density at radius 3 is 2.33 bits per heavy atom. The Balaban J connectivity index is 1.65. The highest BCUT2D eigenvalue weighted by molar-refractivity contribution is 7.92. The van der Waals surface area contributed by atoms with E-state index in [1.807, 2.05) is 0 Å². The molecular weight excluding hydrogens is 362 g/mol. The molecule has 27 heavy (non-hydrogen) atoms. The average Bonchev–Trinajstić information content (AvgIpc) is 2.69. The lowest BCUT2D eigenvalue weighted by molar-refractivity contribution is 0.0908. The fourth-order valence-electron chi connectivity index (χ4n) is 3.43. The number of anilines is 1. The molecule has 1 fully saturated rings. The van der Waals surface area contributed by atoms with Crippen molar-refractivity contribution in [2.45, 2.75) is 36.6 Å². The van der Waals surface area contributed by atoms with Gasteiger partial charge in [-0.15, -0.1) is 0 Å². The molecule has 0 radical (unpaired) electrons. The summed E-state index contributed by atoms with van der Waals surface area (Å²) in [7, 11) is -3.64. The first-order chi connectivity index (χ1) is 13.0. The molecule has 1 saturated carbocycles. The Morgan fingerprint density at radius 2 is 1.67 bits per heavy atom. The maximum Gasteiger partial charge on any atom is 0.261 e. The lowest BCUT2D eigenvalue weighted by atomic mass is 9.84. The second kappa shape index (κ2) is 8.54. The van der Waals surface area contributed by atoms with Crippen LogP contribution in [0.2, 0.25) is 0 Å². The number of benzene rings is 2. The van der Waals surface area contributed by atoms with Crippen LogP contribution in [0.25, 0.3) is 0 Å². The number of nitrogens with one attached hydrogen (secondary N) is 2.